The first-order valence-corrected chi connectivity index (χ1v) is 13.3. The molecule has 214 valence electrons. The van der Waals surface area contributed by atoms with E-state index >= 15 is 0 Å². The Hall–Kier alpha value is -0.0300. The van der Waals surface area contributed by atoms with Crippen LogP contribution in [0.2, 0.25) is 0 Å². The average Bonchev–Trinajstić information content (AvgIpc) is 3.10. The van der Waals surface area contributed by atoms with Crippen LogP contribution >= 0.6 is 15.6 Å². The molecule has 2 saturated heterocycles. The van der Waals surface area contributed by atoms with Gasteiger partial charge in [-0.3, -0.25) is 28.0 Å². The third-order valence-corrected chi connectivity index (χ3v) is 7.86. The second-order valence-electron chi connectivity index (χ2n) is 7.84. The van der Waals surface area contributed by atoms with Crippen LogP contribution < -0.4 is 80.2 Å². The van der Waals surface area contributed by atoms with Gasteiger partial charge in [0.15, 0.2) is 12.5 Å². The second kappa shape index (κ2) is 15.6. The third kappa shape index (κ3) is 9.23. The fourth-order valence-corrected chi connectivity index (χ4v) is 5.60. The summed E-state index contributed by atoms with van der Waals surface area (Å²) >= 11 is 0. The van der Waals surface area contributed by atoms with E-state index in [0.29, 0.717) is 4.57 Å². The van der Waals surface area contributed by atoms with Crippen LogP contribution in [0.5, 0.6) is 0 Å². The van der Waals surface area contributed by atoms with Gasteiger partial charge in [0.25, 0.3) is 21.2 Å². The van der Waals surface area contributed by atoms with Gasteiger partial charge in [-0.05, 0) is 5.53 Å². The van der Waals surface area contributed by atoms with Gasteiger partial charge in [-0.15, -0.1) is 0 Å². The largest absolute Gasteiger partial charge is 1.00 e. The summed E-state index contributed by atoms with van der Waals surface area (Å²) in [6.45, 7) is -2.08. The molecule has 2 aliphatic rings. The molecule has 0 aromatic carbocycles. The molecule has 0 radical (unpaired) electrons. The second-order valence-corrected chi connectivity index (χ2v) is 10.8. The van der Waals surface area contributed by atoms with Gasteiger partial charge in [-0.25, -0.2) is 9.11 Å². The summed E-state index contributed by atoms with van der Waals surface area (Å²) in [5.41, 5.74) is 6.81. The molecular formula is C15H21N5Na2O16P2. The van der Waals surface area contributed by atoms with Crippen molar-refractivity contribution in [2.24, 2.45) is 5.11 Å². The zero-order chi connectivity index (χ0) is 28.4. The average molecular weight is 635 g/mol. The number of H-pyrrole nitrogens is 1. The normalized spacial score (nSPS) is 34.8. The number of phosphoric acid groups is 2. The van der Waals surface area contributed by atoms with Crippen molar-refractivity contribution in [3.8, 4) is 0 Å². The zero-order valence-corrected chi connectivity index (χ0v) is 26.5. The van der Waals surface area contributed by atoms with Crippen LogP contribution in [0.4, 0.5) is 0 Å². The van der Waals surface area contributed by atoms with Crippen molar-refractivity contribution in [3.05, 3.63) is 43.5 Å². The van der Waals surface area contributed by atoms with E-state index in [1.807, 2.05) is 4.98 Å². The van der Waals surface area contributed by atoms with Crippen LogP contribution in [-0.4, -0.2) is 97.3 Å². The van der Waals surface area contributed by atoms with Gasteiger partial charge < -0.3 is 49.3 Å². The first-order valence-electron chi connectivity index (χ1n) is 10.4. The topological polar surface area (TPSA) is 331 Å². The molecular weight excluding hydrogens is 614 g/mol. The summed E-state index contributed by atoms with van der Waals surface area (Å²) in [5.74, 6) is 0. The molecule has 6 N–H and O–H groups in total. The molecule has 1 aromatic heterocycles. The maximum atomic E-state index is 12.2. The van der Waals surface area contributed by atoms with Crippen molar-refractivity contribution in [2.75, 3.05) is 13.2 Å². The van der Waals surface area contributed by atoms with E-state index in [-0.39, 0.29) is 59.1 Å². The molecule has 21 nitrogen and oxygen atoms in total. The Bertz CT molecular complexity index is 1260. The van der Waals surface area contributed by atoms with Crippen LogP contribution in [0.1, 0.15) is 6.23 Å². The number of aromatic amines is 1. The predicted molar refractivity (Wildman–Crippen MR) is 111 cm³/mol. The Morgan fingerprint density at radius 1 is 1.05 bits per heavy atom. The first kappa shape index (κ1) is 38.0. The van der Waals surface area contributed by atoms with Crippen LogP contribution in [0.15, 0.2) is 27.0 Å². The smallest absolute Gasteiger partial charge is 0.756 e. The molecule has 1 aromatic rings. The van der Waals surface area contributed by atoms with Crippen LogP contribution in [0.3, 0.4) is 0 Å². The number of rotatable bonds is 10. The molecule has 2 aliphatic heterocycles. The van der Waals surface area contributed by atoms with Crippen molar-refractivity contribution < 1.29 is 126 Å². The number of ether oxygens (including phenoxy) is 2. The molecule has 2 fully saturated rings. The van der Waals surface area contributed by atoms with Crippen LogP contribution in [-0.2, 0) is 32.0 Å². The van der Waals surface area contributed by atoms with Crippen LogP contribution in [0, 0.1) is 0 Å². The molecule has 0 spiro atoms. The molecule has 3 heterocycles. The Morgan fingerprint density at radius 3 is 2.25 bits per heavy atom. The molecule has 0 amide bonds. The molecule has 3 rings (SSSR count). The maximum absolute atomic E-state index is 12.2. The minimum absolute atomic E-state index is 0. The van der Waals surface area contributed by atoms with Crippen molar-refractivity contribution in [2.45, 2.75) is 55.2 Å². The van der Waals surface area contributed by atoms with Gasteiger partial charge in [0, 0.05) is 17.2 Å². The monoisotopic (exact) mass is 635 g/mol. The predicted octanol–water partition coefficient (Wildman–Crippen LogP) is -10.7. The van der Waals surface area contributed by atoms with Gasteiger partial charge in [-0.2, -0.15) is 0 Å². The van der Waals surface area contributed by atoms with Crippen molar-refractivity contribution in [1.29, 1.82) is 0 Å². The summed E-state index contributed by atoms with van der Waals surface area (Å²) < 4.78 is 47.8. The number of aromatic nitrogens is 2. The van der Waals surface area contributed by atoms with Crippen LogP contribution in [0.25, 0.3) is 10.4 Å². The zero-order valence-electron chi connectivity index (χ0n) is 20.7. The summed E-state index contributed by atoms with van der Waals surface area (Å²) in [7, 11) is -11.8. The number of aliphatic hydroxyl groups is 5. The SMILES string of the molecule is [N-]=[N+]=NC1C(OP(=O)([O-])OP(=O)([O-])OCC2OC(n3ccc(=O)[nH]c3=O)C(O)C2O)OC(CO)C(O)C1O.[Na+].[Na+]. The fourth-order valence-electron chi connectivity index (χ4n) is 3.52. The molecule has 40 heavy (non-hydrogen) atoms. The van der Waals surface area contributed by atoms with Crippen molar-refractivity contribution in [3.63, 3.8) is 0 Å². The summed E-state index contributed by atoms with van der Waals surface area (Å²) in [6.07, 6.45) is -13.6. The molecule has 25 heteroatoms. The molecule has 0 saturated carbocycles. The number of hydrogen-bond acceptors (Lipinski definition) is 17. The van der Waals surface area contributed by atoms with E-state index < -0.39 is 95.3 Å². The number of aliphatic hydroxyl groups excluding tert-OH is 5. The van der Waals surface area contributed by atoms with Crippen molar-refractivity contribution in [1.82, 2.24) is 9.55 Å². The summed E-state index contributed by atoms with van der Waals surface area (Å²) in [4.78, 5) is 51.6. The Balaban J connectivity index is 0.00000400. The van der Waals surface area contributed by atoms with E-state index in [1.54, 1.807) is 0 Å². The van der Waals surface area contributed by atoms with Gasteiger partial charge in [0.1, 0.15) is 36.6 Å². The Labute approximate surface area is 267 Å². The number of hydrogen-bond donors (Lipinski definition) is 6. The van der Waals surface area contributed by atoms with Gasteiger partial charge >= 0.3 is 64.8 Å². The number of nitrogens with one attached hydrogen (secondary N) is 1. The third-order valence-electron chi connectivity index (χ3n) is 5.33. The van der Waals surface area contributed by atoms with E-state index in [1.165, 1.54) is 0 Å². The maximum Gasteiger partial charge on any atom is 1.00 e. The van der Waals surface area contributed by atoms with E-state index in [4.69, 9.17) is 15.0 Å². The van der Waals surface area contributed by atoms with Gasteiger partial charge in [-0.1, -0.05) is 5.11 Å². The van der Waals surface area contributed by atoms with Gasteiger partial charge in [0.2, 0.25) is 0 Å². The number of phosphoric ester groups is 2. The van der Waals surface area contributed by atoms with E-state index in [0.717, 1.165) is 12.3 Å². The summed E-state index contributed by atoms with van der Waals surface area (Å²) in [6, 6.07) is -1.02. The Morgan fingerprint density at radius 2 is 1.68 bits per heavy atom. The minimum atomic E-state index is -5.95. The molecule has 11 atom stereocenters. The first-order chi connectivity index (χ1) is 17.7. The van der Waals surface area contributed by atoms with Crippen molar-refractivity contribution >= 4 is 15.6 Å². The molecule has 0 aliphatic carbocycles. The minimum Gasteiger partial charge on any atom is -0.756 e. The number of nitrogens with zero attached hydrogens (tertiary/aromatic N) is 4. The summed E-state index contributed by atoms with van der Waals surface area (Å²) in [5, 5.41) is 52.3. The molecule has 11 unspecified atom stereocenters. The van der Waals surface area contributed by atoms with Gasteiger partial charge in [0.05, 0.1) is 19.3 Å². The van der Waals surface area contributed by atoms with E-state index in [9.17, 15) is 54.0 Å². The standard InChI is InChI=1S/C15H23N5O16P2.2Na/c16-19-18-8-11(25)9(23)5(3-21)34-14(8)35-38(30,31)36-37(28,29)32-4-6-10(24)12(26)13(33-6)20-2-1-7(22)17-15(20)27;;/h1-2,5-6,8-14,21,23-26H,3-4H2,(H,28,29)(H,30,31)(H,17,22,27);;/q;2*+1/p-2. The van der Waals surface area contributed by atoms with E-state index in [2.05, 4.69) is 23.4 Å². The quantitative estimate of drug-likeness (QED) is 0.0457. The fraction of sp³-hybridized carbons (Fsp3) is 0.733. The number of azide groups is 1. The Kier molecular flexibility index (Phi) is 14.8. The molecule has 0 bridgehead atoms.